The number of likely N-dealkylation sites (N-methyl/N-ethyl adjacent to an activating group) is 1. The fourth-order valence-electron chi connectivity index (χ4n) is 1.17. The van der Waals surface area contributed by atoms with Crippen LogP contribution in [0.1, 0.15) is 18.7 Å². The van der Waals surface area contributed by atoms with Crippen molar-refractivity contribution in [2.45, 2.75) is 26.3 Å². The largest absolute Gasteiger partial charge is 0.314 e. The lowest BCUT2D eigenvalue weighted by atomic mass is 10.2. The predicted molar refractivity (Wildman–Crippen MR) is 58.9 cm³/mol. The quantitative estimate of drug-likeness (QED) is 0.863. The summed E-state index contributed by atoms with van der Waals surface area (Å²) in [7, 11) is 0. The van der Waals surface area contributed by atoms with Crippen LogP contribution in [0.4, 0.5) is 0 Å². The molecule has 0 fully saturated rings. The highest BCUT2D eigenvalue weighted by molar-refractivity contribution is 9.10. The van der Waals surface area contributed by atoms with Crippen molar-refractivity contribution in [2.24, 2.45) is 0 Å². The van der Waals surface area contributed by atoms with E-state index in [2.05, 4.69) is 46.5 Å². The number of halogens is 1. The number of hydrogen-bond donors (Lipinski definition) is 1. The van der Waals surface area contributed by atoms with Crippen LogP contribution in [0.3, 0.4) is 0 Å². The second-order valence-electron chi connectivity index (χ2n) is 2.85. The molecule has 0 radical (unpaired) electrons. The molecule has 0 saturated carbocycles. The molecule has 1 N–H and O–H groups in total. The number of thiophene rings is 1. The molecule has 12 heavy (non-hydrogen) atoms. The van der Waals surface area contributed by atoms with Gasteiger partial charge >= 0.3 is 0 Å². The van der Waals surface area contributed by atoms with Gasteiger partial charge in [0.15, 0.2) is 0 Å². The Balaban J connectivity index is 2.46. The average Bonchev–Trinajstić information content (AvgIpc) is 2.37. The first-order valence-corrected chi connectivity index (χ1v) is 5.86. The maximum absolute atomic E-state index is 3.53. The first-order chi connectivity index (χ1) is 5.74. The van der Waals surface area contributed by atoms with Crippen LogP contribution in [-0.2, 0) is 6.42 Å². The zero-order valence-corrected chi connectivity index (χ0v) is 9.83. The van der Waals surface area contributed by atoms with Gasteiger partial charge in [0.05, 0.1) is 0 Å². The third-order valence-corrected chi connectivity index (χ3v) is 3.68. The minimum absolute atomic E-state index is 0.574. The van der Waals surface area contributed by atoms with Crippen LogP contribution in [0, 0.1) is 0 Å². The van der Waals surface area contributed by atoms with Crippen molar-refractivity contribution in [3.05, 3.63) is 20.8 Å². The molecule has 0 aliphatic carbocycles. The molecule has 0 spiro atoms. The van der Waals surface area contributed by atoms with E-state index in [9.17, 15) is 0 Å². The fraction of sp³-hybridized carbons (Fsp3) is 0.556. The highest BCUT2D eigenvalue weighted by atomic mass is 79.9. The molecule has 3 heteroatoms. The number of nitrogens with one attached hydrogen (secondary N) is 1. The van der Waals surface area contributed by atoms with Crippen LogP contribution in [0.15, 0.2) is 15.9 Å². The molecule has 0 bridgehead atoms. The molecule has 68 valence electrons. The Morgan fingerprint density at radius 2 is 2.42 bits per heavy atom. The lowest BCUT2D eigenvalue weighted by molar-refractivity contribution is 0.568. The Hall–Kier alpha value is 0.140. The van der Waals surface area contributed by atoms with Crippen LogP contribution in [0.2, 0.25) is 0 Å². The van der Waals surface area contributed by atoms with Gasteiger partial charge in [0, 0.05) is 15.4 Å². The summed E-state index contributed by atoms with van der Waals surface area (Å²) < 4.78 is 1.25. The summed E-state index contributed by atoms with van der Waals surface area (Å²) in [6.07, 6.45) is 1.12. The minimum Gasteiger partial charge on any atom is -0.314 e. The first kappa shape index (κ1) is 10.2. The summed E-state index contributed by atoms with van der Waals surface area (Å²) in [6, 6.07) is 2.68. The maximum atomic E-state index is 3.53. The van der Waals surface area contributed by atoms with Gasteiger partial charge in [-0.25, -0.2) is 0 Å². The third-order valence-electron chi connectivity index (χ3n) is 1.74. The van der Waals surface area contributed by atoms with Gasteiger partial charge < -0.3 is 5.32 Å². The molecule has 0 amide bonds. The summed E-state index contributed by atoms with van der Waals surface area (Å²) in [6.45, 7) is 5.40. The first-order valence-electron chi connectivity index (χ1n) is 4.19. The Morgan fingerprint density at radius 3 is 2.92 bits per heavy atom. The van der Waals surface area contributed by atoms with Crippen molar-refractivity contribution >= 4 is 27.3 Å². The highest BCUT2D eigenvalue weighted by Crippen LogP contribution is 2.23. The van der Waals surface area contributed by atoms with E-state index in [1.807, 2.05) is 11.3 Å². The van der Waals surface area contributed by atoms with Crippen molar-refractivity contribution < 1.29 is 0 Å². The lowest BCUT2D eigenvalue weighted by Gasteiger charge is -2.10. The van der Waals surface area contributed by atoms with Gasteiger partial charge in [-0.05, 0) is 47.3 Å². The van der Waals surface area contributed by atoms with Crippen molar-refractivity contribution in [3.63, 3.8) is 0 Å². The Morgan fingerprint density at radius 1 is 1.67 bits per heavy atom. The standard InChI is InChI=1S/C9H14BrNS/c1-3-11-7(2)6-9-8(10)4-5-12-9/h4-5,7,11H,3,6H2,1-2H3. The molecule has 0 aliphatic heterocycles. The van der Waals surface area contributed by atoms with Crippen LogP contribution in [0.25, 0.3) is 0 Å². The van der Waals surface area contributed by atoms with Gasteiger partial charge in [-0.15, -0.1) is 11.3 Å². The van der Waals surface area contributed by atoms with Crippen molar-refractivity contribution in [3.8, 4) is 0 Å². The average molecular weight is 248 g/mol. The van der Waals surface area contributed by atoms with Crippen LogP contribution in [-0.4, -0.2) is 12.6 Å². The van der Waals surface area contributed by atoms with Crippen LogP contribution < -0.4 is 5.32 Å². The molecule has 1 atom stereocenters. The van der Waals surface area contributed by atoms with Crippen molar-refractivity contribution in [1.29, 1.82) is 0 Å². The third kappa shape index (κ3) is 2.88. The topological polar surface area (TPSA) is 12.0 Å². The second kappa shape index (κ2) is 5.00. The summed E-state index contributed by atoms with van der Waals surface area (Å²) in [5.74, 6) is 0. The fourth-order valence-corrected chi connectivity index (χ4v) is 2.81. The smallest absolute Gasteiger partial charge is 0.0314 e. The minimum atomic E-state index is 0.574. The van der Waals surface area contributed by atoms with E-state index in [4.69, 9.17) is 0 Å². The Bertz CT molecular complexity index is 234. The Kier molecular flexibility index (Phi) is 4.26. The zero-order valence-electron chi connectivity index (χ0n) is 7.43. The summed E-state index contributed by atoms with van der Waals surface area (Å²) in [4.78, 5) is 1.43. The summed E-state index contributed by atoms with van der Waals surface area (Å²) in [5, 5.41) is 5.52. The van der Waals surface area contributed by atoms with Crippen molar-refractivity contribution in [2.75, 3.05) is 6.54 Å². The molecule has 1 heterocycles. The van der Waals surface area contributed by atoms with Gasteiger partial charge in [-0.3, -0.25) is 0 Å². The molecule has 1 unspecified atom stereocenters. The van der Waals surface area contributed by atoms with Gasteiger partial charge in [0.25, 0.3) is 0 Å². The molecule has 0 saturated heterocycles. The van der Waals surface area contributed by atoms with Gasteiger partial charge in [-0.2, -0.15) is 0 Å². The van der Waals surface area contributed by atoms with E-state index in [1.165, 1.54) is 9.35 Å². The van der Waals surface area contributed by atoms with Crippen LogP contribution in [0.5, 0.6) is 0 Å². The molecule has 1 nitrogen and oxygen atoms in total. The van der Waals surface area contributed by atoms with E-state index in [-0.39, 0.29) is 0 Å². The van der Waals surface area contributed by atoms with E-state index in [1.54, 1.807) is 0 Å². The molecular formula is C9H14BrNS. The molecule has 0 aromatic carbocycles. The predicted octanol–water partition coefficient (Wildman–Crippen LogP) is 3.05. The van der Waals surface area contributed by atoms with Crippen molar-refractivity contribution in [1.82, 2.24) is 5.32 Å². The lowest BCUT2D eigenvalue weighted by Crippen LogP contribution is -2.27. The molecule has 0 aliphatic rings. The Labute approximate surface area is 86.3 Å². The van der Waals surface area contributed by atoms with Crippen LogP contribution >= 0.6 is 27.3 Å². The van der Waals surface area contributed by atoms with E-state index in [0.29, 0.717) is 6.04 Å². The number of rotatable bonds is 4. The molecule has 1 aromatic heterocycles. The summed E-state index contributed by atoms with van der Waals surface area (Å²) >= 11 is 5.35. The van der Waals surface area contributed by atoms with Gasteiger partial charge in [-0.1, -0.05) is 6.92 Å². The van der Waals surface area contributed by atoms with E-state index < -0.39 is 0 Å². The maximum Gasteiger partial charge on any atom is 0.0314 e. The highest BCUT2D eigenvalue weighted by Gasteiger charge is 2.05. The molecule has 1 aromatic rings. The molecular weight excluding hydrogens is 234 g/mol. The number of hydrogen-bond acceptors (Lipinski definition) is 2. The SMILES string of the molecule is CCNC(C)Cc1sccc1Br. The zero-order chi connectivity index (χ0) is 8.97. The molecule has 1 rings (SSSR count). The van der Waals surface area contributed by atoms with Gasteiger partial charge in [0.1, 0.15) is 0 Å². The van der Waals surface area contributed by atoms with Gasteiger partial charge in [0.2, 0.25) is 0 Å². The van der Waals surface area contributed by atoms with E-state index >= 15 is 0 Å². The summed E-state index contributed by atoms with van der Waals surface area (Å²) in [5.41, 5.74) is 0. The van der Waals surface area contributed by atoms with E-state index in [0.717, 1.165) is 13.0 Å². The second-order valence-corrected chi connectivity index (χ2v) is 4.71. The monoisotopic (exact) mass is 247 g/mol. The normalized spacial score (nSPS) is 13.2.